The summed E-state index contributed by atoms with van der Waals surface area (Å²) in [4.78, 5) is 12.2. The van der Waals surface area contributed by atoms with Gasteiger partial charge in [0.05, 0.1) is 14.2 Å². The van der Waals surface area contributed by atoms with Gasteiger partial charge in [0, 0.05) is 6.54 Å². The quantitative estimate of drug-likeness (QED) is 0.605. The molecule has 0 radical (unpaired) electrons. The highest BCUT2D eigenvalue weighted by molar-refractivity contribution is 5.82. The average Bonchev–Trinajstić information content (AvgIpc) is 2.48. The minimum Gasteiger partial charge on any atom is -0.497 e. The first-order valence-electron chi connectivity index (χ1n) is 6.23. The second kappa shape index (κ2) is 6.95. The first kappa shape index (κ1) is 15.2. The van der Waals surface area contributed by atoms with E-state index >= 15 is 0 Å². The molecular formula is C15H21NO3. The molecular weight excluding hydrogens is 242 g/mol. The van der Waals surface area contributed by atoms with Gasteiger partial charge in [-0.2, -0.15) is 0 Å². The zero-order chi connectivity index (χ0) is 14.3. The van der Waals surface area contributed by atoms with Gasteiger partial charge in [-0.05, 0) is 24.1 Å². The van der Waals surface area contributed by atoms with Gasteiger partial charge in [0.15, 0.2) is 0 Å². The van der Waals surface area contributed by atoms with Crippen LogP contribution in [-0.4, -0.2) is 26.7 Å². The maximum absolute atomic E-state index is 12.2. The fourth-order valence-electron chi connectivity index (χ4n) is 2.06. The molecule has 0 aliphatic heterocycles. The van der Waals surface area contributed by atoms with E-state index in [1.165, 1.54) is 7.11 Å². The van der Waals surface area contributed by atoms with Crippen LogP contribution in [0.5, 0.6) is 5.75 Å². The van der Waals surface area contributed by atoms with Gasteiger partial charge in [-0.25, -0.2) is 4.79 Å². The molecule has 1 N–H and O–H groups in total. The summed E-state index contributed by atoms with van der Waals surface area (Å²) in [6.45, 7) is 6.13. The summed E-state index contributed by atoms with van der Waals surface area (Å²) in [6, 6.07) is 7.40. The summed E-state index contributed by atoms with van der Waals surface area (Å²) in [7, 11) is 3.00. The predicted molar refractivity (Wildman–Crippen MR) is 75.2 cm³/mol. The number of esters is 1. The van der Waals surface area contributed by atoms with Crippen LogP contribution in [0.1, 0.15) is 18.9 Å². The first-order chi connectivity index (χ1) is 9.14. The monoisotopic (exact) mass is 263 g/mol. The molecule has 0 saturated carbocycles. The van der Waals surface area contributed by atoms with Gasteiger partial charge in [-0.15, -0.1) is 6.58 Å². The Labute approximate surface area is 114 Å². The van der Waals surface area contributed by atoms with Crippen LogP contribution in [0.15, 0.2) is 36.9 Å². The summed E-state index contributed by atoms with van der Waals surface area (Å²) in [5.74, 6) is 0.448. The van der Waals surface area contributed by atoms with Crippen LogP contribution in [0.2, 0.25) is 0 Å². The van der Waals surface area contributed by atoms with Crippen molar-refractivity contribution in [2.45, 2.75) is 18.9 Å². The van der Waals surface area contributed by atoms with Gasteiger partial charge in [0.1, 0.15) is 11.3 Å². The molecule has 4 nitrogen and oxygen atoms in total. The SMILES string of the molecule is C=CCNC(CC)(C(=O)OC)c1ccc(OC)cc1. The first-order valence-corrected chi connectivity index (χ1v) is 6.23. The predicted octanol–water partition coefficient (Wildman–Crippen LogP) is 2.25. The van der Waals surface area contributed by atoms with E-state index in [2.05, 4.69) is 11.9 Å². The summed E-state index contributed by atoms with van der Waals surface area (Å²) in [5.41, 5.74) is -0.000584. The molecule has 0 fully saturated rings. The van der Waals surface area contributed by atoms with Crippen molar-refractivity contribution in [2.75, 3.05) is 20.8 Å². The average molecular weight is 263 g/mol. The minimum absolute atomic E-state index is 0.304. The van der Waals surface area contributed by atoms with Crippen LogP contribution in [0.4, 0.5) is 0 Å². The molecule has 1 atom stereocenters. The van der Waals surface area contributed by atoms with Gasteiger partial charge < -0.3 is 9.47 Å². The standard InChI is InChI=1S/C15H21NO3/c1-5-11-16-15(6-2,14(17)19-4)12-7-9-13(18-3)10-8-12/h5,7-10,16H,1,6,11H2,2-4H3. The van der Waals surface area contributed by atoms with Crippen LogP contribution in [0, 0.1) is 0 Å². The molecule has 0 saturated heterocycles. The van der Waals surface area contributed by atoms with E-state index in [0.717, 1.165) is 11.3 Å². The van der Waals surface area contributed by atoms with E-state index < -0.39 is 5.54 Å². The molecule has 1 aromatic rings. The Balaban J connectivity index is 3.18. The van der Waals surface area contributed by atoms with Crippen molar-refractivity contribution in [2.24, 2.45) is 0 Å². The van der Waals surface area contributed by atoms with Crippen LogP contribution in [-0.2, 0) is 15.1 Å². The van der Waals surface area contributed by atoms with Gasteiger partial charge >= 0.3 is 5.97 Å². The lowest BCUT2D eigenvalue weighted by molar-refractivity contribution is -0.149. The number of hydrogen-bond donors (Lipinski definition) is 1. The summed E-state index contributed by atoms with van der Waals surface area (Å²) in [6.07, 6.45) is 2.30. The van der Waals surface area contributed by atoms with Crippen molar-refractivity contribution in [3.05, 3.63) is 42.5 Å². The molecule has 19 heavy (non-hydrogen) atoms. The Hall–Kier alpha value is -1.81. The molecule has 0 spiro atoms. The topological polar surface area (TPSA) is 47.6 Å². The Bertz CT molecular complexity index is 428. The van der Waals surface area contributed by atoms with E-state index in [-0.39, 0.29) is 5.97 Å². The smallest absolute Gasteiger partial charge is 0.330 e. The van der Waals surface area contributed by atoms with Crippen LogP contribution < -0.4 is 10.1 Å². The number of benzene rings is 1. The maximum atomic E-state index is 12.2. The molecule has 0 aromatic heterocycles. The molecule has 0 heterocycles. The number of carbonyl (C=O) groups is 1. The van der Waals surface area contributed by atoms with Gasteiger partial charge in [-0.3, -0.25) is 5.32 Å². The fraction of sp³-hybridized carbons (Fsp3) is 0.400. The molecule has 0 aliphatic carbocycles. The third-order valence-electron chi connectivity index (χ3n) is 3.20. The number of nitrogens with one attached hydrogen (secondary N) is 1. The van der Waals surface area contributed by atoms with Crippen molar-refractivity contribution in [1.29, 1.82) is 0 Å². The van der Waals surface area contributed by atoms with Crippen molar-refractivity contribution < 1.29 is 14.3 Å². The molecule has 4 heteroatoms. The number of carbonyl (C=O) groups excluding carboxylic acids is 1. The van der Waals surface area contributed by atoms with Gasteiger partial charge in [0.25, 0.3) is 0 Å². The van der Waals surface area contributed by atoms with Crippen LogP contribution in [0.3, 0.4) is 0 Å². The van der Waals surface area contributed by atoms with E-state index in [1.807, 2.05) is 31.2 Å². The van der Waals surface area contributed by atoms with Gasteiger partial charge in [0.2, 0.25) is 0 Å². The Morgan fingerprint density at radius 3 is 2.42 bits per heavy atom. The number of methoxy groups -OCH3 is 2. The lowest BCUT2D eigenvalue weighted by Gasteiger charge is -2.31. The lowest BCUT2D eigenvalue weighted by atomic mass is 9.87. The van der Waals surface area contributed by atoms with Crippen molar-refractivity contribution >= 4 is 5.97 Å². The molecule has 0 bridgehead atoms. The van der Waals surface area contributed by atoms with Crippen molar-refractivity contribution in [1.82, 2.24) is 5.32 Å². The molecule has 0 amide bonds. The molecule has 1 unspecified atom stereocenters. The maximum Gasteiger partial charge on any atom is 0.330 e. The Morgan fingerprint density at radius 1 is 1.37 bits per heavy atom. The molecule has 104 valence electrons. The molecule has 1 rings (SSSR count). The molecule has 1 aromatic carbocycles. The number of hydrogen-bond acceptors (Lipinski definition) is 4. The van der Waals surface area contributed by atoms with Crippen molar-refractivity contribution in [3.63, 3.8) is 0 Å². The van der Waals surface area contributed by atoms with E-state index in [1.54, 1.807) is 13.2 Å². The van der Waals surface area contributed by atoms with Crippen LogP contribution in [0.25, 0.3) is 0 Å². The zero-order valence-corrected chi connectivity index (χ0v) is 11.7. The summed E-state index contributed by atoms with van der Waals surface area (Å²) < 4.78 is 10.1. The highest BCUT2D eigenvalue weighted by atomic mass is 16.5. The second-order valence-corrected chi connectivity index (χ2v) is 4.15. The fourth-order valence-corrected chi connectivity index (χ4v) is 2.06. The summed E-state index contributed by atoms with van der Waals surface area (Å²) in [5, 5.41) is 3.20. The molecule has 0 aliphatic rings. The minimum atomic E-state index is -0.852. The zero-order valence-electron chi connectivity index (χ0n) is 11.7. The number of rotatable bonds is 7. The highest BCUT2D eigenvalue weighted by Crippen LogP contribution is 2.28. The van der Waals surface area contributed by atoms with E-state index in [0.29, 0.717) is 13.0 Å². The second-order valence-electron chi connectivity index (χ2n) is 4.15. The van der Waals surface area contributed by atoms with E-state index in [9.17, 15) is 4.79 Å². The Kier molecular flexibility index (Phi) is 5.57. The van der Waals surface area contributed by atoms with E-state index in [4.69, 9.17) is 9.47 Å². The highest BCUT2D eigenvalue weighted by Gasteiger charge is 2.38. The van der Waals surface area contributed by atoms with Crippen LogP contribution >= 0.6 is 0 Å². The lowest BCUT2D eigenvalue weighted by Crippen LogP contribution is -2.49. The Morgan fingerprint density at radius 2 is 2.00 bits per heavy atom. The number of ether oxygens (including phenoxy) is 2. The van der Waals surface area contributed by atoms with Gasteiger partial charge in [-0.1, -0.05) is 25.1 Å². The largest absolute Gasteiger partial charge is 0.497 e. The summed E-state index contributed by atoms with van der Waals surface area (Å²) >= 11 is 0. The third-order valence-corrected chi connectivity index (χ3v) is 3.20. The van der Waals surface area contributed by atoms with Crippen molar-refractivity contribution in [3.8, 4) is 5.75 Å². The normalized spacial score (nSPS) is 13.4. The third kappa shape index (κ3) is 3.15.